The normalized spacial score (nSPS) is 11.0. The number of benzene rings is 1. The maximum absolute atomic E-state index is 13.2. The highest BCUT2D eigenvalue weighted by Gasteiger charge is 2.34. The summed E-state index contributed by atoms with van der Waals surface area (Å²) in [6.45, 7) is 2.84. The second-order valence-electron chi connectivity index (χ2n) is 5.45. The Morgan fingerprint density at radius 2 is 1.96 bits per heavy atom. The van der Waals surface area contributed by atoms with Crippen LogP contribution in [0.4, 0.5) is 4.39 Å². The zero-order valence-corrected chi connectivity index (χ0v) is 14.6. The smallest absolute Gasteiger partial charge is 0.329 e. The van der Waals surface area contributed by atoms with E-state index in [-0.39, 0.29) is 18.5 Å². The average Bonchev–Trinajstić information content (AvgIpc) is 2.48. The van der Waals surface area contributed by atoms with Crippen LogP contribution >= 0.6 is 15.9 Å². The molecule has 2 amide bonds. The Hall–Kier alpha value is -1.96. The third-order valence-corrected chi connectivity index (χ3v) is 4.22. The van der Waals surface area contributed by atoms with Crippen LogP contribution in [0.2, 0.25) is 0 Å². The topological polar surface area (TPSA) is 86.7 Å². The van der Waals surface area contributed by atoms with Gasteiger partial charge in [-0.25, -0.2) is 9.18 Å². The van der Waals surface area contributed by atoms with Gasteiger partial charge >= 0.3 is 5.97 Å². The number of nitrogens with one attached hydrogen (secondary N) is 1. The molecule has 2 N–H and O–H groups in total. The molecule has 0 heterocycles. The van der Waals surface area contributed by atoms with Crippen molar-refractivity contribution in [2.75, 3.05) is 13.6 Å². The minimum atomic E-state index is -1.34. The molecule has 8 heteroatoms. The minimum Gasteiger partial charge on any atom is -0.480 e. The van der Waals surface area contributed by atoms with Crippen molar-refractivity contribution < 1.29 is 23.9 Å². The van der Waals surface area contributed by atoms with Crippen LogP contribution in [0.1, 0.15) is 30.6 Å². The van der Waals surface area contributed by atoms with E-state index in [1.165, 1.54) is 33.0 Å². The van der Waals surface area contributed by atoms with Gasteiger partial charge < -0.3 is 15.3 Å². The van der Waals surface area contributed by atoms with E-state index in [1.807, 2.05) is 0 Å². The van der Waals surface area contributed by atoms with Crippen LogP contribution in [0, 0.1) is 5.82 Å². The van der Waals surface area contributed by atoms with Crippen molar-refractivity contribution in [3.63, 3.8) is 0 Å². The van der Waals surface area contributed by atoms with Crippen LogP contribution in [0.25, 0.3) is 0 Å². The van der Waals surface area contributed by atoms with Gasteiger partial charge in [0.1, 0.15) is 11.4 Å². The molecule has 126 valence electrons. The highest BCUT2D eigenvalue weighted by Crippen LogP contribution is 2.18. The summed E-state index contributed by atoms with van der Waals surface area (Å²) in [5.41, 5.74) is -1.22. The second kappa shape index (κ2) is 7.54. The van der Waals surface area contributed by atoms with Gasteiger partial charge in [-0.3, -0.25) is 9.59 Å². The number of carboxylic acid groups (broad SMARTS) is 1. The van der Waals surface area contributed by atoms with Gasteiger partial charge in [-0.05, 0) is 48.0 Å². The van der Waals surface area contributed by atoms with Crippen molar-refractivity contribution in [3.8, 4) is 0 Å². The van der Waals surface area contributed by atoms with Crippen LogP contribution in [-0.2, 0) is 9.59 Å². The number of hydrogen-bond acceptors (Lipinski definition) is 3. The van der Waals surface area contributed by atoms with E-state index >= 15 is 0 Å². The number of hydrogen-bond donors (Lipinski definition) is 2. The summed E-state index contributed by atoms with van der Waals surface area (Å²) in [5.74, 6) is -2.61. The molecule has 0 radical (unpaired) electrons. The van der Waals surface area contributed by atoms with E-state index in [2.05, 4.69) is 21.2 Å². The molecule has 1 aromatic carbocycles. The number of halogens is 2. The summed E-state index contributed by atoms with van der Waals surface area (Å²) < 4.78 is 13.6. The quantitative estimate of drug-likeness (QED) is 0.780. The molecule has 0 fully saturated rings. The Morgan fingerprint density at radius 3 is 2.52 bits per heavy atom. The molecule has 1 aromatic rings. The van der Waals surface area contributed by atoms with Gasteiger partial charge in [0.25, 0.3) is 5.91 Å². The molecular weight excluding hydrogens is 371 g/mol. The van der Waals surface area contributed by atoms with E-state index in [0.717, 1.165) is 11.0 Å². The van der Waals surface area contributed by atoms with Crippen molar-refractivity contribution in [1.82, 2.24) is 10.2 Å². The lowest BCUT2D eigenvalue weighted by atomic mass is 10.0. The maximum Gasteiger partial charge on any atom is 0.329 e. The third kappa shape index (κ3) is 4.75. The fourth-order valence-electron chi connectivity index (χ4n) is 1.67. The first-order valence-electron chi connectivity index (χ1n) is 6.80. The number of carbonyl (C=O) groups excluding carboxylic acids is 2. The zero-order valence-electron chi connectivity index (χ0n) is 13.0. The first-order valence-corrected chi connectivity index (χ1v) is 7.60. The van der Waals surface area contributed by atoms with Gasteiger partial charge in [-0.1, -0.05) is 0 Å². The number of carboxylic acids is 1. The minimum absolute atomic E-state index is 0.0145. The number of amides is 2. The van der Waals surface area contributed by atoms with Gasteiger partial charge in [0.2, 0.25) is 5.91 Å². The van der Waals surface area contributed by atoms with Crippen molar-refractivity contribution >= 4 is 33.7 Å². The molecule has 0 unspecified atom stereocenters. The van der Waals surface area contributed by atoms with Crippen molar-refractivity contribution in [1.29, 1.82) is 0 Å². The largest absolute Gasteiger partial charge is 0.480 e. The number of likely N-dealkylation sites (N-methyl/N-ethyl adjacent to an activating group) is 1. The predicted octanol–water partition coefficient (Wildman–Crippen LogP) is 2.03. The molecule has 0 atom stereocenters. The van der Waals surface area contributed by atoms with E-state index in [4.69, 9.17) is 5.11 Å². The van der Waals surface area contributed by atoms with Crippen LogP contribution in [0.3, 0.4) is 0 Å². The Labute approximate surface area is 141 Å². The molecule has 0 saturated heterocycles. The number of nitrogens with zero attached hydrogens (tertiary/aromatic N) is 1. The molecule has 0 aliphatic carbocycles. The zero-order chi connectivity index (χ0) is 17.8. The fraction of sp³-hybridized carbons (Fsp3) is 0.400. The molecule has 6 nitrogen and oxygen atoms in total. The first-order chi connectivity index (χ1) is 10.6. The highest BCUT2D eigenvalue weighted by atomic mass is 79.9. The van der Waals surface area contributed by atoms with Gasteiger partial charge in [0.15, 0.2) is 0 Å². The molecule has 0 bridgehead atoms. The lowest BCUT2D eigenvalue weighted by Gasteiger charge is -2.31. The summed E-state index contributed by atoms with van der Waals surface area (Å²) in [7, 11) is 1.39. The van der Waals surface area contributed by atoms with Crippen molar-refractivity contribution in [3.05, 3.63) is 34.1 Å². The maximum atomic E-state index is 13.2. The van der Waals surface area contributed by atoms with Gasteiger partial charge in [0.05, 0.1) is 5.56 Å². The van der Waals surface area contributed by atoms with E-state index in [9.17, 15) is 18.8 Å². The van der Waals surface area contributed by atoms with Crippen LogP contribution < -0.4 is 5.32 Å². The molecule has 0 aliphatic heterocycles. The van der Waals surface area contributed by atoms with Gasteiger partial charge in [-0.2, -0.15) is 0 Å². The van der Waals surface area contributed by atoms with Crippen LogP contribution in [-0.4, -0.2) is 46.9 Å². The monoisotopic (exact) mass is 388 g/mol. The summed E-state index contributed by atoms with van der Waals surface area (Å²) in [6, 6.07) is 3.72. The standard InChI is InChI=1S/C15H18BrFN2O4/c1-15(2,14(22)23)19(3)12(20)6-7-18-13(21)10-8-9(17)4-5-11(10)16/h4-5,8H,6-7H2,1-3H3,(H,18,21)(H,22,23). The van der Waals surface area contributed by atoms with E-state index in [0.29, 0.717) is 4.47 Å². The van der Waals surface area contributed by atoms with E-state index < -0.39 is 29.1 Å². The highest BCUT2D eigenvalue weighted by molar-refractivity contribution is 9.10. The Balaban J connectivity index is 2.60. The number of rotatable bonds is 6. The summed E-state index contributed by atoms with van der Waals surface area (Å²) in [4.78, 5) is 36.1. The number of aliphatic carboxylic acids is 1. The van der Waals surface area contributed by atoms with Gasteiger partial charge in [0, 0.05) is 24.5 Å². The van der Waals surface area contributed by atoms with E-state index in [1.54, 1.807) is 0 Å². The lowest BCUT2D eigenvalue weighted by Crippen LogP contribution is -2.51. The molecule has 0 aromatic heterocycles. The molecule has 0 aliphatic rings. The lowest BCUT2D eigenvalue weighted by molar-refractivity contribution is -0.155. The number of carbonyl (C=O) groups is 3. The molecular formula is C15H18BrFN2O4. The second-order valence-corrected chi connectivity index (χ2v) is 6.30. The summed E-state index contributed by atoms with van der Waals surface area (Å²) in [6.07, 6.45) is -0.0636. The SMILES string of the molecule is CN(C(=O)CCNC(=O)c1cc(F)ccc1Br)C(C)(C)C(=O)O. The Kier molecular flexibility index (Phi) is 6.26. The molecule has 0 spiro atoms. The van der Waals surface area contributed by atoms with Crippen molar-refractivity contribution in [2.45, 2.75) is 25.8 Å². The summed E-state index contributed by atoms with van der Waals surface area (Å²) >= 11 is 3.15. The molecule has 0 saturated carbocycles. The Morgan fingerprint density at radius 1 is 1.35 bits per heavy atom. The predicted molar refractivity (Wildman–Crippen MR) is 85.5 cm³/mol. The summed E-state index contributed by atoms with van der Waals surface area (Å²) in [5, 5.41) is 11.6. The van der Waals surface area contributed by atoms with Crippen molar-refractivity contribution in [2.24, 2.45) is 0 Å². The Bertz CT molecular complexity index is 634. The van der Waals surface area contributed by atoms with Crippen LogP contribution in [0.5, 0.6) is 0 Å². The fourth-order valence-corrected chi connectivity index (χ4v) is 2.10. The first kappa shape index (κ1) is 19.1. The third-order valence-electron chi connectivity index (χ3n) is 3.53. The molecule has 1 rings (SSSR count). The van der Waals surface area contributed by atoms with Crippen LogP contribution in [0.15, 0.2) is 22.7 Å². The average molecular weight is 389 g/mol. The molecule has 23 heavy (non-hydrogen) atoms. The van der Waals surface area contributed by atoms with Gasteiger partial charge in [-0.15, -0.1) is 0 Å².